The number of aliphatic hydroxyl groups is 1. The van der Waals surface area contributed by atoms with Gasteiger partial charge in [-0.3, -0.25) is 0 Å². The van der Waals surface area contributed by atoms with Gasteiger partial charge in [0.2, 0.25) is 0 Å². The molecule has 0 aromatic heterocycles. The molecule has 2 amide bonds. The van der Waals surface area contributed by atoms with E-state index in [2.05, 4.69) is 21.6 Å². The Morgan fingerprint density at radius 2 is 1.96 bits per heavy atom. The van der Waals surface area contributed by atoms with Gasteiger partial charge in [-0.05, 0) is 62.9 Å². The topological polar surface area (TPSA) is 64.6 Å². The minimum absolute atomic E-state index is 0.0523. The van der Waals surface area contributed by atoms with E-state index in [0.717, 1.165) is 18.7 Å². The molecule has 1 fully saturated rings. The second kappa shape index (κ2) is 9.04. The molecule has 0 radical (unpaired) electrons. The average Bonchev–Trinajstić information content (AvgIpc) is 3.12. The number of anilines is 1. The van der Waals surface area contributed by atoms with Gasteiger partial charge in [-0.1, -0.05) is 26.0 Å². The Bertz CT molecular complexity index is 515. The number of amides is 2. The van der Waals surface area contributed by atoms with Crippen LogP contribution in [0.5, 0.6) is 0 Å². The van der Waals surface area contributed by atoms with E-state index in [0.29, 0.717) is 12.8 Å². The van der Waals surface area contributed by atoms with Gasteiger partial charge < -0.3 is 20.6 Å². The van der Waals surface area contributed by atoms with Gasteiger partial charge in [0, 0.05) is 12.2 Å². The molecule has 0 atom stereocenters. The lowest BCUT2D eigenvalue weighted by atomic mass is 9.94. The van der Waals surface area contributed by atoms with E-state index >= 15 is 0 Å². The van der Waals surface area contributed by atoms with Gasteiger partial charge in [0.05, 0.1) is 12.1 Å². The van der Waals surface area contributed by atoms with Crippen LogP contribution in [0.4, 0.5) is 10.5 Å². The first kappa shape index (κ1) is 18.7. The highest BCUT2D eigenvalue weighted by molar-refractivity contribution is 5.89. The molecule has 0 aliphatic carbocycles. The molecule has 0 spiro atoms. The quantitative estimate of drug-likeness (QED) is 0.685. The zero-order chi connectivity index (χ0) is 17.4. The Morgan fingerprint density at radius 3 is 2.58 bits per heavy atom. The van der Waals surface area contributed by atoms with Crippen LogP contribution in [0.3, 0.4) is 0 Å². The smallest absolute Gasteiger partial charge is 0.319 e. The molecule has 0 bridgehead atoms. The largest absolute Gasteiger partial charge is 0.394 e. The van der Waals surface area contributed by atoms with E-state index in [9.17, 15) is 9.90 Å². The van der Waals surface area contributed by atoms with Gasteiger partial charge in [0.1, 0.15) is 0 Å². The van der Waals surface area contributed by atoms with Crippen molar-refractivity contribution in [3.8, 4) is 0 Å². The summed E-state index contributed by atoms with van der Waals surface area (Å²) in [6.07, 6.45) is 5.01. The molecular weight excluding hydrogens is 302 g/mol. The van der Waals surface area contributed by atoms with Crippen molar-refractivity contribution in [3.63, 3.8) is 0 Å². The van der Waals surface area contributed by atoms with E-state index in [4.69, 9.17) is 0 Å². The number of nitrogens with zero attached hydrogens (tertiary/aromatic N) is 1. The van der Waals surface area contributed by atoms with Crippen LogP contribution in [0.2, 0.25) is 0 Å². The lowest BCUT2D eigenvalue weighted by Crippen LogP contribution is -2.52. The summed E-state index contributed by atoms with van der Waals surface area (Å²) >= 11 is 0. The molecule has 1 aliphatic heterocycles. The van der Waals surface area contributed by atoms with Gasteiger partial charge in [-0.25, -0.2) is 4.79 Å². The maximum absolute atomic E-state index is 12.2. The molecule has 2 rings (SSSR count). The van der Waals surface area contributed by atoms with Crippen molar-refractivity contribution in [1.82, 2.24) is 10.2 Å². The first-order valence-corrected chi connectivity index (χ1v) is 9.12. The van der Waals surface area contributed by atoms with Crippen LogP contribution in [0.15, 0.2) is 24.3 Å². The highest BCUT2D eigenvalue weighted by atomic mass is 16.3. The molecule has 1 saturated heterocycles. The van der Waals surface area contributed by atoms with E-state index in [1.54, 1.807) is 0 Å². The fourth-order valence-corrected chi connectivity index (χ4v) is 3.19. The average molecular weight is 333 g/mol. The number of carbonyl (C=O) groups is 1. The molecule has 0 unspecified atom stereocenters. The Kier molecular flexibility index (Phi) is 7.06. The summed E-state index contributed by atoms with van der Waals surface area (Å²) in [7, 11) is 0. The third-order valence-corrected chi connectivity index (χ3v) is 5.14. The number of carbonyl (C=O) groups excluding carboxylic acids is 1. The standard InChI is InChI=1S/C19H31N3O2/c1-3-19(4-2,15-23)21-18(24)20-17-9-7-8-16(14-17)10-13-22-11-5-6-12-22/h7-9,14,23H,3-6,10-13,15H2,1-2H3,(H2,20,21,24). The molecule has 1 aromatic rings. The van der Waals surface area contributed by atoms with Crippen LogP contribution in [-0.4, -0.2) is 47.8 Å². The lowest BCUT2D eigenvalue weighted by Gasteiger charge is -2.30. The number of hydrogen-bond donors (Lipinski definition) is 3. The predicted molar refractivity (Wildman–Crippen MR) is 98.4 cm³/mol. The van der Waals surface area contributed by atoms with Crippen molar-refractivity contribution in [2.75, 3.05) is 31.6 Å². The minimum atomic E-state index is -0.544. The van der Waals surface area contributed by atoms with Crippen molar-refractivity contribution in [2.24, 2.45) is 0 Å². The van der Waals surface area contributed by atoms with Gasteiger partial charge in [0.15, 0.2) is 0 Å². The summed E-state index contributed by atoms with van der Waals surface area (Å²) in [4.78, 5) is 14.7. The Hall–Kier alpha value is -1.59. The Balaban J connectivity index is 1.89. The highest BCUT2D eigenvalue weighted by Crippen LogP contribution is 2.16. The second-order valence-corrected chi connectivity index (χ2v) is 6.72. The number of nitrogens with one attached hydrogen (secondary N) is 2. The monoisotopic (exact) mass is 333 g/mol. The molecule has 0 saturated carbocycles. The maximum Gasteiger partial charge on any atom is 0.319 e. The van der Waals surface area contributed by atoms with E-state index in [1.807, 2.05) is 32.0 Å². The first-order valence-electron chi connectivity index (χ1n) is 9.12. The maximum atomic E-state index is 12.2. The van der Waals surface area contributed by atoms with E-state index in [1.165, 1.54) is 31.5 Å². The van der Waals surface area contributed by atoms with Crippen LogP contribution < -0.4 is 10.6 Å². The fraction of sp³-hybridized carbons (Fsp3) is 0.632. The molecular formula is C19H31N3O2. The molecule has 1 aromatic carbocycles. The molecule has 24 heavy (non-hydrogen) atoms. The summed E-state index contributed by atoms with van der Waals surface area (Å²) in [5, 5.41) is 15.4. The summed E-state index contributed by atoms with van der Waals surface area (Å²) < 4.78 is 0. The summed E-state index contributed by atoms with van der Waals surface area (Å²) in [5.74, 6) is 0. The van der Waals surface area contributed by atoms with Crippen LogP contribution in [0.1, 0.15) is 45.1 Å². The van der Waals surface area contributed by atoms with Crippen LogP contribution in [0.25, 0.3) is 0 Å². The third kappa shape index (κ3) is 5.21. The molecule has 5 nitrogen and oxygen atoms in total. The second-order valence-electron chi connectivity index (χ2n) is 6.72. The number of hydrogen-bond acceptors (Lipinski definition) is 3. The molecule has 1 heterocycles. The summed E-state index contributed by atoms with van der Waals surface area (Å²) in [5.41, 5.74) is 1.49. The number of likely N-dealkylation sites (tertiary alicyclic amines) is 1. The predicted octanol–water partition coefficient (Wildman–Crippen LogP) is 3.00. The van der Waals surface area contributed by atoms with Crippen LogP contribution >= 0.6 is 0 Å². The minimum Gasteiger partial charge on any atom is -0.394 e. The van der Waals surface area contributed by atoms with Gasteiger partial charge in [-0.15, -0.1) is 0 Å². The number of urea groups is 1. The van der Waals surface area contributed by atoms with E-state index < -0.39 is 5.54 Å². The zero-order valence-corrected chi connectivity index (χ0v) is 15.0. The summed E-state index contributed by atoms with van der Waals surface area (Å²) in [6, 6.07) is 7.76. The van der Waals surface area contributed by atoms with Crippen LogP contribution in [0, 0.1) is 0 Å². The summed E-state index contributed by atoms with van der Waals surface area (Å²) in [6.45, 7) is 7.38. The number of aliphatic hydroxyl groups excluding tert-OH is 1. The van der Waals surface area contributed by atoms with Gasteiger partial charge in [-0.2, -0.15) is 0 Å². The van der Waals surface area contributed by atoms with Crippen molar-refractivity contribution >= 4 is 11.7 Å². The molecule has 134 valence electrons. The lowest BCUT2D eigenvalue weighted by molar-refractivity contribution is 0.155. The SMILES string of the molecule is CCC(CC)(CO)NC(=O)Nc1cccc(CCN2CCCC2)c1. The Morgan fingerprint density at radius 1 is 1.25 bits per heavy atom. The zero-order valence-electron chi connectivity index (χ0n) is 15.0. The van der Waals surface area contributed by atoms with Crippen molar-refractivity contribution in [1.29, 1.82) is 0 Å². The molecule has 3 N–H and O–H groups in total. The van der Waals surface area contributed by atoms with Gasteiger partial charge >= 0.3 is 6.03 Å². The Labute approximate surface area is 145 Å². The third-order valence-electron chi connectivity index (χ3n) is 5.14. The number of rotatable bonds is 8. The fourth-order valence-electron chi connectivity index (χ4n) is 3.19. The highest BCUT2D eigenvalue weighted by Gasteiger charge is 2.27. The normalized spacial score (nSPS) is 15.5. The molecule has 1 aliphatic rings. The molecule has 5 heteroatoms. The number of benzene rings is 1. The van der Waals surface area contributed by atoms with Crippen molar-refractivity contribution in [3.05, 3.63) is 29.8 Å². The van der Waals surface area contributed by atoms with E-state index in [-0.39, 0.29) is 12.6 Å². The van der Waals surface area contributed by atoms with Crippen LogP contribution in [-0.2, 0) is 6.42 Å². The van der Waals surface area contributed by atoms with Gasteiger partial charge in [0.25, 0.3) is 0 Å². The van der Waals surface area contributed by atoms with Crippen molar-refractivity contribution in [2.45, 2.75) is 51.5 Å². The first-order chi connectivity index (χ1) is 11.6. The van der Waals surface area contributed by atoms with Crippen molar-refractivity contribution < 1.29 is 9.90 Å².